The Labute approximate surface area is 145 Å². The fourth-order valence-corrected chi connectivity index (χ4v) is 4.51. The summed E-state index contributed by atoms with van der Waals surface area (Å²) < 4.78 is 0. The summed E-state index contributed by atoms with van der Waals surface area (Å²) in [6, 6.07) is 0.360. The normalized spacial score (nSPS) is 11.7. The van der Waals surface area contributed by atoms with Gasteiger partial charge in [-0.3, -0.25) is 4.79 Å². The summed E-state index contributed by atoms with van der Waals surface area (Å²) in [7, 11) is 0. The topological polar surface area (TPSA) is 72.1 Å². The zero-order valence-electron chi connectivity index (χ0n) is 14.5. The van der Waals surface area contributed by atoms with Gasteiger partial charge >= 0.3 is 0 Å². The third-order valence-electron chi connectivity index (χ3n) is 3.76. The minimum Gasteiger partial charge on any atom is -0.383 e. The van der Waals surface area contributed by atoms with Crippen LogP contribution in [0.25, 0.3) is 10.2 Å². The van der Waals surface area contributed by atoms with Crippen LogP contribution in [0.1, 0.15) is 38.1 Å². The third-order valence-corrected chi connectivity index (χ3v) is 5.69. The maximum Gasteiger partial charge on any atom is 0.233 e. The standard InChI is InChI=1S/C16H24N4OS2/c1-8(2)20(9(3)4)12(21)7-22-16-18-14(17)13-10(5)11(6)23-15(13)19-16/h8-9H,7H2,1-6H3,(H2,17,18,19). The van der Waals surface area contributed by atoms with Gasteiger partial charge in [0.2, 0.25) is 5.91 Å². The molecule has 2 aromatic heterocycles. The van der Waals surface area contributed by atoms with Gasteiger partial charge in [0.25, 0.3) is 0 Å². The lowest BCUT2D eigenvalue weighted by atomic mass is 10.2. The molecule has 0 aliphatic heterocycles. The van der Waals surface area contributed by atoms with Gasteiger partial charge in [-0.1, -0.05) is 11.8 Å². The quantitative estimate of drug-likeness (QED) is 0.657. The van der Waals surface area contributed by atoms with Gasteiger partial charge in [-0.25, -0.2) is 9.97 Å². The number of carbonyl (C=O) groups excluding carboxylic acids is 1. The van der Waals surface area contributed by atoms with Crippen molar-refractivity contribution >= 4 is 45.0 Å². The molecule has 2 heterocycles. The average Bonchev–Trinajstić information content (AvgIpc) is 2.71. The highest BCUT2D eigenvalue weighted by molar-refractivity contribution is 7.99. The first-order chi connectivity index (χ1) is 10.7. The zero-order chi connectivity index (χ0) is 17.3. The van der Waals surface area contributed by atoms with E-state index in [-0.39, 0.29) is 18.0 Å². The van der Waals surface area contributed by atoms with E-state index >= 15 is 0 Å². The molecule has 0 unspecified atom stereocenters. The molecule has 0 aliphatic rings. The van der Waals surface area contributed by atoms with Gasteiger partial charge in [0, 0.05) is 17.0 Å². The zero-order valence-corrected chi connectivity index (χ0v) is 16.1. The van der Waals surface area contributed by atoms with E-state index in [0.29, 0.717) is 16.7 Å². The number of thiophene rings is 1. The van der Waals surface area contributed by atoms with Crippen molar-refractivity contribution in [3.63, 3.8) is 0 Å². The molecule has 0 aromatic carbocycles. The van der Waals surface area contributed by atoms with Crippen molar-refractivity contribution in [1.29, 1.82) is 0 Å². The smallest absolute Gasteiger partial charge is 0.233 e. The Morgan fingerprint density at radius 3 is 2.39 bits per heavy atom. The van der Waals surface area contributed by atoms with Crippen molar-refractivity contribution < 1.29 is 4.79 Å². The average molecular weight is 353 g/mol. The number of aromatic nitrogens is 2. The molecule has 23 heavy (non-hydrogen) atoms. The van der Waals surface area contributed by atoms with Gasteiger partial charge in [-0.15, -0.1) is 11.3 Å². The van der Waals surface area contributed by atoms with E-state index in [4.69, 9.17) is 5.73 Å². The van der Waals surface area contributed by atoms with Gasteiger partial charge < -0.3 is 10.6 Å². The highest BCUT2D eigenvalue weighted by Gasteiger charge is 2.21. The van der Waals surface area contributed by atoms with Crippen LogP contribution >= 0.6 is 23.1 Å². The van der Waals surface area contributed by atoms with Crippen molar-refractivity contribution in [2.75, 3.05) is 11.5 Å². The SMILES string of the molecule is Cc1sc2nc(SCC(=O)N(C(C)C)C(C)C)nc(N)c2c1C. The number of hydrogen-bond donors (Lipinski definition) is 1. The number of nitrogens with two attached hydrogens (primary N) is 1. The van der Waals surface area contributed by atoms with E-state index < -0.39 is 0 Å². The minimum atomic E-state index is 0.0980. The number of aryl methyl sites for hydroxylation is 2. The molecule has 5 nitrogen and oxygen atoms in total. The first-order valence-electron chi connectivity index (χ1n) is 7.69. The molecule has 2 rings (SSSR count). The van der Waals surface area contributed by atoms with Crippen LogP contribution in [0.15, 0.2) is 5.16 Å². The third kappa shape index (κ3) is 3.77. The summed E-state index contributed by atoms with van der Waals surface area (Å²) in [4.78, 5) is 25.3. The fourth-order valence-electron chi connectivity index (χ4n) is 2.70. The molecule has 2 aromatic rings. The summed E-state index contributed by atoms with van der Waals surface area (Å²) in [5.74, 6) is 0.919. The van der Waals surface area contributed by atoms with Crippen molar-refractivity contribution in [3.05, 3.63) is 10.4 Å². The molecule has 2 N–H and O–H groups in total. The van der Waals surface area contributed by atoms with Gasteiger partial charge in [-0.05, 0) is 47.1 Å². The summed E-state index contributed by atoms with van der Waals surface area (Å²) in [5.41, 5.74) is 7.22. The summed E-state index contributed by atoms with van der Waals surface area (Å²) >= 11 is 2.97. The molecular weight excluding hydrogens is 328 g/mol. The van der Waals surface area contributed by atoms with Crippen molar-refractivity contribution in [1.82, 2.24) is 14.9 Å². The van der Waals surface area contributed by atoms with Crippen molar-refractivity contribution in [2.24, 2.45) is 0 Å². The molecule has 0 radical (unpaired) electrons. The Balaban J connectivity index is 2.18. The number of amides is 1. The molecule has 0 saturated heterocycles. The van der Waals surface area contributed by atoms with Crippen molar-refractivity contribution in [3.8, 4) is 0 Å². The van der Waals surface area contributed by atoms with Crippen LogP contribution < -0.4 is 5.73 Å². The number of anilines is 1. The Bertz CT molecular complexity index is 716. The first kappa shape index (κ1) is 18.0. The molecule has 1 amide bonds. The first-order valence-corrected chi connectivity index (χ1v) is 9.49. The summed E-state index contributed by atoms with van der Waals surface area (Å²) in [6.07, 6.45) is 0. The van der Waals surface area contributed by atoms with Crippen LogP contribution in [0, 0.1) is 13.8 Å². The molecular formula is C16H24N4OS2. The van der Waals surface area contributed by atoms with E-state index in [0.717, 1.165) is 15.8 Å². The highest BCUT2D eigenvalue weighted by atomic mass is 32.2. The lowest BCUT2D eigenvalue weighted by Gasteiger charge is -2.30. The van der Waals surface area contributed by atoms with E-state index in [9.17, 15) is 4.79 Å². The number of rotatable bonds is 5. The summed E-state index contributed by atoms with van der Waals surface area (Å²) in [5, 5.41) is 1.51. The van der Waals surface area contributed by atoms with E-state index in [1.54, 1.807) is 11.3 Å². The van der Waals surface area contributed by atoms with Crippen LogP contribution in [0.3, 0.4) is 0 Å². The van der Waals surface area contributed by atoms with Crippen LogP contribution in [-0.4, -0.2) is 38.6 Å². The minimum absolute atomic E-state index is 0.0980. The van der Waals surface area contributed by atoms with Crippen LogP contribution in [0.5, 0.6) is 0 Å². The number of hydrogen-bond acceptors (Lipinski definition) is 6. The monoisotopic (exact) mass is 352 g/mol. The molecule has 0 saturated carbocycles. The van der Waals surface area contributed by atoms with E-state index in [1.165, 1.54) is 16.6 Å². The van der Waals surface area contributed by atoms with Crippen LogP contribution in [-0.2, 0) is 4.79 Å². The van der Waals surface area contributed by atoms with Gasteiger partial charge in [0.05, 0.1) is 11.1 Å². The Kier molecular flexibility index (Phi) is 5.52. The highest BCUT2D eigenvalue weighted by Crippen LogP contribution is 2.33. The molecule has 126 valence electrons. The van der Waals surface area contributed by atoms with Crippen LogP contribution in [0.4, 0.5) is 5.82 Å². The lowest BCUT2D eigenvalue weighted by molar-refractivity contribution is -0.131. The predicted molar refractivity (Wildman–Crippen MR) is 99.1 cm³/mol. The molecule has 0 spiro atoms. The lowest BCUT2D eigenvalue weighted by Crippen LogP contribution is -2.43. The second-order valence-electron chi connectivity index (χ2n) is 6.13. The van der Waals surface area contributed by atoms with Gasteiger partial charge in [0.15, 0.2) is 5.16 Å². The fraction of sp³-hybridized carbons (Fsp3) is 0.562. The molecule has 0 atom stereocenters. The summed E-state index contributed by atoms with van der Waals surface area (Å²) in [6.45, 7) is 12.2. The second-order valence-corrected chi connectivity index (χ2v) is 8.28. The number of fused-ring (bicyclic) bond motifs is 1. The number of nitrogens with zero attached hydrogens (tertiary/aromatic N) is 3. The number of nitrogen functional groups attached to an aromatic ring is 1. The predicted octanol–water partition coefficient (Wildman–Crippen LogP) is 3.63. The van der Waals surface area contributed by atoms with Gasteiger partial charge in [-0.2, -0.15) is 0 Å². The van der Waals surface area contributed by atoms with E-state index in [2.05, 4.69) is 16.9 Å². The molecule has 0 bridgehead atoms. The number of thioether (sulfide) groups is 1. The second kappa shape index (κ2) is 7.05. The largest absolute Gasteiger partial charge is 0.383 e. The molecule has 7 heteroatoms. The van der Waals surface area contributed by atoms with Gasteiger partial charge in [0.1, 0.15) is 10.6 Å². The Morgan fingerprint density at radius 1 is 1.22 bits per heavy atom. The van der Waals surface area contributed by atoms with Crippen LogP contribution in [0.2, 0.25) is 0 Å². The van der Waals surface area contributed by atoms with Crippen molar-refractivity contribution in [2.45, 2.75) is 58.8 Å². The molecule has 0 fully saturated rings. The number of carbonyl (C=O) groups is 1. The maximum absolute atomic E-state index is 12.4. The van der Waals surface area contributed by atoms with E-state index in [1.807, 2.05) is 39.5 Å². The maximum atomic E-state index is 12.4. The Hall–Kier alpha value is -1.34. The molecule has 0 aliphatic carbocycles. The Morgan fingerprint density at radius 2 is 1.83 bits per heavy atom.